The van der Waals surface area contributed by atoms with Gasteiger partial charge in [0.15, 0.2) is 11.9 Å². The Kier molecular flexibility index (Phi) is 17.1. The van der Waals surface area contributed by atoms with Gasteiger partial charge < -0.3 is 0 Å². The van der Waals surface area contributed by atoms with Crippen LogP contribution in [0.3, 0.4) is 0 Å². The van der Waals surface area contributed by atoms with E-state index < -0.39 is 195 Å². The summed E-state index contributed by atoms with van der Waals surface area (Å²) in [5, 5.41) is 2.49. The number of Topliss-reactive ketones (excluding diaryl/α,β-unsaturated/α-hetero) is 1. The number of alkyl halides is 24. The highest BCUT2D eigenvalue weighted by atomic mass is 19.4. The number of fused-ring (bicyclic) bond motifs is 1. The molecule has 7 aromatic rings. The van der Waals surface area contributed by atoms with Crippen molar-refractivity contribution in [2.24, 2.45) is 0 Å². The van der Waals surface area contributed by atoms with Gasteiger partial charge in [-0.15, -0.1) is 0 Å². The number of hydrogen-bond acceptors (Lipinski definition) is 1. The van der Waals surface area contributed by atoms with Gasteiger partial charge in [-0.25, -0.2) is 0 Å². The number of hydrogen-bond donors (Lipinski definition) is 0. The average Bonchev–Trinajstić information content (AvgIpc) is 3.47. The number of aromatic nitrogens is 1. The summed E-state index contributed by atoms with van der Waals surface area (Å²) in [6, 6.07) is 11.2. The molecule has 0 aliphatic heterocycles. The van der Waals surface area contributed by atoms with Crippen molar-refractivity contribution in [3.63, 3.8) is 0 Å². The highest BCUT2D eigenvalue weighted by molar-refractivity contribution is 7.20. The molecule has 0 unspecified atom stereocenters. The molecule has 0 fully saturated rings. The lowest BCUT2D eigenvalue weighted by Gasteiger charge is -2.46. The van der Waals surface area contributed by atoms with Gasteiger partial charge in [0.05, 0.1) is 44.5 Å². The van der Waals surface area contributed by atoms with Crippen molar-refractivity contribution < 1.29 is 115 Å². The van der Waals surface area contributed by atoms with Gasteiger partial charge >= 0.3 is 49.4 Å². The SMILES string of the molecule is CCCCc1c2ccccc2cc[n+]1CC(=O)c1ccccc1.FC(F)(F)c1cc([B-](c2cc(C(F)(F)F)cc(C(F)(F)F)c2)(c2cc(C(F)(F)F)cc(C(F)(F)F)c2)c2cc(C(F)(F)F)cc(C(F)(F)F)c2)cc(C(F)(F)F)c1. The molecular formula is C53H34BF24NO. The van der Waals surface area contributed by atoms with Gasteiger partial charge in [-0.05, 0) is 42.1 Å². The third-order valence-corrected chi connectivity index (χ3v) is 12.7. The molecule has 0 radical (unpaired) electrons. The molecule has 80 heavy (non-hydrogen) atoms. The van der Waals surface area contributed by atoms with E-state index >= 15 is 0 Å². The van der Waals surface area contributed by atoms with E-state index in [-0.39, 0.29) is 5.78 Å². The third kappa shape index (κ3) is 14.0. The summed E-state index contributed by atoms with van der Waals surface area (Å²) in [7, 11) is 0. The van der Waals surface area contributed by atoms with Gasteiger partial charge in [0, 0.05) is 23.4 Å². The van der Waals surface area contributed by atoms with E-state index in [1.54, 1.807) is 0 Å². The zero-order valence-electron chi connectivity index (χ0n) is 40.1. The number of unbranched alkanes of at least 4 members (excludes halogenated alkanes) is 1. The largest absolute Gasteiger partial charge is 0.416 e. The van der Waals surface area contributed by atoms with E-state index in [9.17, 15) is 110 Å². The molecule has 1 aromatic heterocycles. The summed E-state index contributed by atoms with van der Waals surface area (Å²) >= 11 is 0. The molecule has 0 atom stereocenters. The molecule has 1 heterocycles. The number of benzene rings is 6. The fourth-order valence-corrected chi connectivity index (χ4v) is 9.03. The number of carbonyl (C=O) groups excluding carboxylic acids is 1. The average molecular weight is 1170 g/mol. The molecule has 0 aliphatic carbocycles. The van der Waals surface area contributed by atoms with Gasteiger partial charge in [-0.2, -0.15) is 132 Å². The second-order valence-electron chi connectivity index (χ2n) is 18.1. The molecule has 27 heteroatoms. The minimum atomic E-state index is -6.13. The number of pyridine rings is 1. The van der Waals surface area contributed by atoms with Crippen LogP contribution in [0.5, 0.6) is 0 Å². The first-order valence-corrected chi connectivity index (χ1v) is 22.9. The zero-order chi connectivity index (χ0) is 60.0. The van der Waals surface area contributed by atoms with Crippen LogP contribution in [-0.2, 0) is 62.4 Å². The molecule has 0 spiro atoms. The fraction of sp³-hybridized carbons (Fsp3) is 0.245. The zero-order valence-corrected chi connectivity index (χ0v) is 40.1. The normalized spacial score (nSPS) is 13.3. The van der Waals surface area contributed by atoms with Crippen LogP contribution in [-0.4, -0.2) is 11.9 Å². The van der Waals surface area contributed by atoms with Crippen molar-refractivity contribution in [1.82, 2.24) is 0 Å². The van der Waals surface area contributed by atoms with Gasteiger partial charge in [0.1, 0.15) is 6.15 Å². The summed E-state index contributed by atoms with van der Waals surface area (Å²) in [6.45, 7) is 2.60. The summed E-state index contributed by atoms with van der Waals surface area (Å²) in [4.78, 5) is 12.6. The van der Waals surface area contributed by atoms with Crippen LogP contribution in [0.25, 0.3) is 10.8 Å². The standard InChI is InChI=1S/C32H12BF24.C21H22NO/c34-25(35,36)13-1-14(26(37,38)39)6-21(5-13)33(22-7-15(27(40,41)42)2-16(8-22)28(43,44)45,23-9-17(29(46,47)48)3-18(10-23)30(49,50)51)24-11-19(31(52,53)54)4-20(12-24)32(55,56)57;1-2-3-13-20-19-12-8-7-9-17(19)14-15-22(20)16-21(23)18-10-5-4-6-11-18/h1-12H;4-12,14-15H,2-3,13,16H2,1H3/q-1;+1. The highest BCUT2D eigenvalue weighted by Gasteiger charge is 2.47. The molecule has 0 bridgehead atoms. The van der Waals surface area contributed by atoms with Crippen molar-refractivity contribution in [1.29, 1.82) is 0 Å². The quantitative estimate of drug-likeness (QED) is 0.0579. The Morgan fingerprint density at radius 2 is 0.675 bits per heavy atom. The van der Waals surface area contributed by atoms with Crippen LogP contribution in [0.2, 0.25) is 0 Å². The number of rotatable bonds is 10. The molecule has 2 nitrogen and oxygen atoms in total. The topological polar surface area (TPSA) is 20.9 Å². The predicted octanol–water partition coefficient (Wildman–Crippen LogP) is 15.6. The second-order valence-corrected chi connectivity index (χ2v) is 18.1. The number of aryl methyl sites for hydroxylation is 1. The Labute approximate surface area is 436 Å². The van der Waals surface area contributed by atoms with Crippen LogP contribution < -0.4 is 26.4 Å². The molecule has 0 saturated heterocycles. The van der Waals surface area contributed by atoms with E-state index in [2.05, 4.69) is 41.8 Å². The van der Waals surface area contributed by atoms with Gasteiger partial charge in [-0.1, -0.05) is 110 Å². The molecular weight excluding hydrogens is 1130 g/mol. The molecule has 0 amide bonds. The van der Waals surface area contributed by atoms with Crippen molar-refractivity contribution in [3.8, 4) is 0 Å². The van der Waals surface area contributed by atoms with Crippen molar-refractivity contribution in [3.05, 3.63) is 195 Å². The van der Waals surface area contributed by atoms with Crippen LogP contribution in [0.1, 0.15) is 80.3 Å². The van der Waals surface area contributed by atoms with E-state index in [4.69, 9.17) is 0 Å². The summed E-state index contributed by atoms with van der Waals surface area (Å²) in [5.41, 5.74) is -28.2. The molecule has 0 aliphatic rings. The van der Waals surface area contributed by atoms with E-state index in [0.29, 0.717) is 6.54 Å². The number of carbonyl (C=O) groups is 1. The first-order valence-electron chi connectivity index (χ1n) is 22.9. The highest BCUT2D eigenvalue weighted by Crippen LogP contribution is 2.41. The number of halogens is 24. The molecule has 7 rings (SSSR count). The van der Waals surface area contributed by atoms with E-state index in [1.165, 1.54) is 16.5 Å². The predicted molar refractivity (Wildman–Crippen MR) is 244 cm³/mol. The van der Waals surface area contributed by atoms with Crippen molar-refractivity contribution in [2.45, 2.75) is 82.1 Å². The second kappa shape index (κ2) is 22.0. The van der Waals surface area contributed by atoms with Gasteiger partial charge in [0.25, 0.3) is 0 Å². The molecule has 0 saturated carbocycles. The van der Waals surface area contributed by atoms with Crippen LogP contribution in [0, 0.1) is 0 Å². The van der Waals surface area contributed by atoms with Crippen molar-refractivity contribution >= 4 is 44.6 Å². The maximum Gasteiger partial charge on any atom is 0.416 e. The lowest BCUT2D eigenvalue weighted by Crippen LogP contribution is -2.75. The Hall–Kier alpha value is -7.22. The van der Waals surface area contributed by atoms with E-state index in [0.717, 1.165) is 24.8 Å². The molecule has 6 aromatic carbocycles. The Bertz CT molecular complexity index is 2930. The maximum atomic E-state index is 14.2. The molecule has 428 valence electrons. The Morgan fingerprint density at radius 3 is 0.963 bits per heavy atom. The first-order chi connectivity index (χ1) is 36.6. The number of nitrogens with zero attached hydrogens (tertiary/aromatic N) is 1. The minimum absolute atomic E-state index is 0.156. The summed E-state index contributed by atoms with van der Waals surface area (Å²) < 4.78 is 343. The smallest absolute Gasteiger partial charge is 0.287 e. The van der Waals surface area contributed by atoms with Crippen LogP contribution >= 0.6 is 0 Å². The first kappa shape index (κ1) is 62.0. The van der Waals surface area contributed by atoms with E-state index in [1.807, 2.05) is 36.5 Å². The monoisotopic (exact) mass is 1170 g/mol. The Morgan fingerprint density at radius 1 is 0.388 bits per heavy atom. The Balaban J connectivity index is 0.000000370. The lowest BCUT2D eigenvalue weighted by atomic mass is 9.12. The van der Waals surface area contributed by atoms with Crippen LogP contribution in [0.4, 0.5) is 105 Å². The fourth-order valence-electron chi connectivity index (χ4n) is 9.03. The summed E-state index contributed by atoms with van der Waals surface area (Å²) in [6.07, 6.45) is -49.5. The van der Waals surface area contributed by atoms with Crippen molar-refractivity contribution in [2.75, 3.05) is 0 Å². The third-order valence-electron chi connectivity index (χ3n) is 12.7. The number of ketones is 1. The van der Waals surface area contributed by atoms with Gasteiger partial charge in [0.2, 0.25) is 12.3 Å². The lowest BCUT2D eigenvalue weighted by molar-refractivity contribution is -0.689. The van der Waals surface area contributed by atoms with Crippen LogP contribution in [0.15, 0.2) is 140 Å². The maximum absolute atomic E-state index is 14.2. The molecule has 0 N–H and O–H groups in total. The van der Waals surface area contributed by atoms with Gasteiger partial charge in [-0.3, -0.25) is 4.79 Å². The summed E-state index contributed by atoms with van der Waals surface area (Å²) in [5.74, 6) is 0.156. The minimum Gasteiger partial charge on any atom is -0.287 e.